The van der Waals surface area contributed by atoms with Crippen molar-refractivity contribution in [2.45, 2.75) is 0 Å². The minimum absolute atomic E-state index is 0. The van der Waals surface area contributed by atoms with Crippen molar-refractivity contribution < 1.29 is 17.1 Å². The average Bonchev–Trinajstić information content (AvgIpc) is 3.78. The number of benzene rings is 4. The third kappa shape index (κ3) is 4.20. The summed E-state index contributed by atoms with van der Waals surface area (Å²) in [4.78, 5) is 30.4. The molecule has 211 valence electrons. The van der Waals surface area contributed by atoms with Crippen LogP contribution in [0.1, 0.15) is 11.1 Å². The van der Waals surface area contributed by atoms with Gasteiger partial charge in [-0.3, -0.25) is 7.05 Å². The zero-order chi connectivity index (χ0) is 28.2. The maximum atomic E-state index is 5.07. The molecule has 4 aromatic carbocycles. The number of fused-ring (bicyclic) bond motifs is 19. The predicted molar refractivity (Wildman–Crippen MR) is 168 cm³/mol. The van der Waals surface area contributed by atoms with Crippen LogP contribution in [0.3, 0.4) is 0 Å². The fourth-order valence-electron chi connectivity index (χ4n) is 5.66. The van der Waals surface area contributed by atoms with E-state index in [0.29, 0.717) is 34.3 Å². The molecule has 2 aliphatic rings. The van der Waals surface area contributed by atoms with Crippen molar-refractivity contribution in [2.24, 2.45) is 25.7 Å². The fraction of sp³-hybridized carbons (Fsp3) is 0. The van der Waals surface area contributed by atoms with Gasteiger partial charge in [0.15, 0.2) is 11.7 Å². The largest absolute Gasteiger partial charge is 2.00 e. The molecule has 0 aliphatic carbocycles. The molecule has 0 saturated heterocycles. The Morgan fingerprint density at radius 2 is 0.884 bits per heavy atom. The molecule has 0 unspecified atom stereocenters. The smallest absolute Gasteiger partial charge is 0.486 e. The molecule has 5 heterocycles. The van der Waals surface area contributed by atoms with E-state index in [1.165, 1.54) is 0 Å². The molecule has 2 aliphatic heterocycles. The number of hydrogen-bond acceptors (Lipinski definition) is 5. The quantitative estimate of drug-likeness (QED) is 0.112. The van der Waals surface area contributed by atoms with E-state index in [1.807, 2.05) is 72.8 Å². The summed E-state index contributed by atoms with van der Waals surface area (Å²) in [7, 11) is 2.75. The van der Waals surface area contributed by atoms with E-state index in [-0.39, 0.29) is 17.1 Å². The topological polar surface area (TPSA) is 137 Å². The van der Waals surface area contributed by atoms with Gasteiger partial charge in [0.25, 0.3) is 0 Å². The number of aromatic nitrogens is 3. The van der Waals surface area contributed by atoms with Gasteiger partial charge in [-0.25, -0.2) is 20.0 Å². The Kier molecular flexibility index (Phi) is 6.51. The number of aromatic amines is 3. The summed E-state index contributed by atoms with van der Waals surface area (Å²) in [6.07, 6.45) is 0. The molecule has 3 aromatic heterocycles. The van der Waals surface area contributed by atoms with Crippen LogP contribution in [0.5, 0.6) is 0 Å². The van der Waals surface area contributed by atoms with Crippen molar-refractivity contribution in [3.8, 4) is 0 Å². The first-order valence-corrected chi connectivity index (χ1v) is 13.5. The van der Waals surface area contributed by atoms with Crippen LogP contribution in [-0.4, -0.2) is 26.6 Å². The average molecular weight is 609 g/mol. The normalized spacial score (nSPS) is 13.1. The molecule has 5 N–H and O–H groups in total. The molecule has 0 spiro atoms. The zero-order valence-corrected chi connectivity index (χ0v) is 23.5. The van der Waals surface area contributed by atoms with Crippen molar-refractivity contribution in [3.05, 3.63) is 132 Å². The molecule has 0 fully saturated rings. The van der Waals surface area contributed by atoms with Crippen LogP contribution < -0.4 is 16.7 Å². The Labute approximate surface area is 255 Å². The first-order valence-electron chi connectivity index (χ1n) is 13.5. The van der Waals surface area contributed by atoms with E-state index in [2.05, 4.69) is 52.0 Å². The number of hydrogen-bond donors (Lipinski definition) is 4. The summed E-state index contributed by atoms with van der Waals surface area (Å²) in [6.45, 7) is 0. The second kappa shape index (κ2) is 10.5. The molecule has 8 bridgehead atoms. The summed E-state index contributed by atoms with van der Waals surface area (Å²) < 4.78 is 0. The second-order valence-corrected chi connectivity index (χ2v) is 9.86. The number of aliphatic imine (C=N–C) groups is 2. The Bertz CT molecular complexity index is 2370. The van der Waals surface area contributed by atoms with Gasteiger partial charge in [-0.15, -0.1) is 0 Å². The van der Waals surface area contributed by atoms with Crippen molar-refractivity contribution in [1.82, 2.24) is 15.0 Å². The molecule has 10 heteroatoms. The van der Waals surface area contributed by atoms with Gasteiger partial charge in [0.2, 0.25) is 0 Å². The minimum atomic E-state index is 0. The van der Waals surface area contributed by atoms with Gasteiger partial charge in [0.1, 0.15) is 11.0 Å². The fourth-order valence-corrected chi connectivity index (χ4v) is 5.66. The van der Waals surface area contributed by atoms with Crippen LogP contribution in [0.4, 0.5) is 23.3 Å². The maximum Gasteiger partial charge on any atom is 2.00 e. The number of rotatable bonds is 0. The molecule has 43 heavy (non-hydrogen) atoms. The number of amidine groups is 2. The van der Waals surface area contributed by atoms with Crippen molar-refractivity contribution >= 4 is 67.3 Å². The SMILES string of the molecule is [CH2-]N.[Cu+2].c1ccc2c(c1)C1=NC2=Nc2[nH]c(c3ccccc23)[N-]c2[nH]c(c3ccccc23)N=c2[nH]c(c3ccccc23)=N1. The number of nitrogens with zero attached hydrogens (tertiary/aromatic N) is 5. The first kappa shape index (κ1) is 26.6. The molecule has 0 amide bonds. The van der Waals surface area contributed by atoms with Gasteiger partial charge < -0.3 is 26.0 Å². The van der Waals surface area contributed by atoms with Crippen LogP contribution in [0, 0.1) is 7.05 Å². The summed E-state index contributed by atoms with van der Waals surface area (Å²) in [5.41, 5.74) is 7.53. The van der Waals surface area contributed by atoms with Gasteiger partial charge in [-0.2, -0.15) is 0 Å². The van der Waals surface area contributed by atoms with Gasteiger partial charge in [-0.05, 0) is 10.8 Å². The summed E-state index contributed by atoms with van der Waals surface area (Å²) in [6, 6.07) is 32.4. The van der Waals surface area contributed by atoms with Crippen LogP contribution in [-0.2, 0) is 17.1 Å². The van der Waals surface area contributed by atoms with Gasteiger partial charge >= 0.3 is 17.1 Å². The van der Waals surface area contributed by atoms with Gasteiger partial charge in [-0.1, -0.05) is 97.1 Å². The third-order valence-electron chi connectivity index (χ3n) is 7.53. The number of nitrogens with two attached hydrogens (primary N) is 1. The Morgan fingerprint density at radius 3 is 1.44 bits per heavy atom. The Balaban J connectivity index is 0.000000981. The molecular weight excluding hydrogens is 586 g/mol. The van der Waals surface area contributed by atoms with Crippen LogP contribution in [0.25, 0.3) is 37.6 Å². The predicted octanol–water partition coefficient (Wildman–Crippen LogP) is 6.62. The summed E-state index contributed by atoms with van der Waals surface area (Å²) >= 11 is 0. The standard InChI is InChI=1S/C32H19N8.CH4N.Cu/c1-2-10-18-17(9-1)25-33-26(18)38-28-21-13-5-6-14-22(21)30(35-28)40-32-24-16-8-7-15-23(24)31(36-32)39-29-20-12-4-3-11-19(20)27(34-29)37-25;1-2;/h1-16,33-34H,(H,35,36,38,39,40);1-2H2;/q2*-1;+2. The molecule has 0 saturated carbocycles. The van der Waals surface area contributed by atoms with E-state index in [4.69, 9.17) is 25.3 Å². The van der Waals surface area contributed by atoms with E-state index >= 15 is 0 Å². The maximum absolute atomic E-state index is 5.07. The molecule has 9 rings (SSSR count). The van der Waals surface area contributed by atoms with Crippen LogP contribution in [0.15, 0.2) is 117 Å². The molecule has 0 atom stereocenters. The third-order valence-corrected chi connectivity index (χ3v) is 7.53. The van der Waals surface area contributed by atoms with E-state index in [1.54, 1.807) is 0 Å². The zero-order valence-electron chi connectivity index (χ0n) is 22.6. The minimum Gasteiger partial charge on any atom is -0.486 e. The molecule has 9 nitrogen and oxygen atoms in total. The number of nitrogens with one attached hydrogen (secondary N) is 3. The second-order valence-electron chi connectivity index (χ2n) is 9.86. The number of H-pyrrole nitrogens is 3. The van der Waals surface area contributed by atoms with Crippen molar-refractivity contribution in [2.75, 3.05) is 0 Å². The van der Waals surface area contributed by atoms with Gasteiger partial charge in [0, 0.05) is 44.3 Å². The Morgan fingerprint density at radius 1 is 0.465 bits per heavy atom. The Hall–Kier alpha value is -5.28. The van der Waals surface area contributed by atoms with Crippen LogP contribution in [0.2, 0.25) is 0 Å². The van der Waals surface area contributed by atoms with Gasteiger partial charge in [0.05, 0.1) is 11.6 Å². The van der Waals surface area contributed by atoms with Crippen molar-refractivity contribution in [3.63, 3.8) is 0 Å². The van der Waals surface area contributed by atoms with E-state index in [9.17, 15) is 0 Å². The molecule has 1 radical (unpaired) electrons. The van der Waals surface area contributed by atoms with E-state index < -0.39 is 0 Å². The summed E-state index contributed by atoms with van der Waals surface area (Å²) in [5, 5.41) is 10.9. The molecular formula is C33H23CuN9. The molecule has 7 aromatic rings. The first-order chi connectivity index (χ1) is 20.8. The van der Waals surface area contributed by atoms with Crippen LogP contribution >= 0.6 is 0 Å². The van der Waals surface area contributed by atoms with E-state index in [0.717, 1.165) is 55.1 Å². The monoisotopic (exact) mass is 608 g/mol. The van der Waals surface area contributed by atoms with Crippen molar-refractivity contribution in [1.29, 1.82) is 0 Å². The summed E-state index contributed by atoms with van der Waals surface area (Å²) in [5.74, 6) is 4.07.